The molecule has 1 aliphatic rings. The number of anilines is 2. The Morgan fingerprint density at radius 3 is 2.92 bits per heavy atom. The van der Waals surface area contributed by atoms with Gasteiger partial charge >= 0.3 is 0 Å². The summed E-state index contributed by atoms with van der Waals surface area (Å²) in [5.74, 6) is 1.22. The molecule has 0 atom stereocenters. The van der Waals surface area contributed by atoms with Crippen LogP contribution in [-0.4, -0.2) is 38.9 Å². The van der Waals surface area contributed by atoms with E-state index in [4.69, 9.17) is 15.2 Å². The molecule has 1 aromatic carbocycles. The number of nitrogen functional groups attached to an aromatic ring is 1. The van der Waals surface area contributed by atoms with E-state index in [1.807, 2.05) is 0 Å². The first-order valence-electron chi connectivity index (χ1n) is 8.39. The molecule has 0 spiro atoms. The minimum absolute atomic E-state index is 0.467. The minimum atomic E-state index is 0.467. The molecule has 3 rings (SSSR count). The average Bonchev–Trinajstić information content (AvgIpc) is 2.61. The SMILES string of the molecule is COCCCN1CCCc2ccc(-c3cnc(N)cc3OC)cc21. The average molecular weight is 327 g/mol. The van der Waals surface area contributed by atoms with Crippen molar-refractivity contribution in [1.82, 2.24) is 4.98 Å². The molecule has 0 unspecified atom stereocenters. The zero-order valence-corrected chi connectivity index (χ0v) is 14.4. The maximum atomic E-state index is 5.77. The normalized spacial score (nSPS) is 13.7. The third-order valence-corrected chi connectivity index (χ3v) is 4.49. The summed E-state index contributed by atoms with van der Waals surface area (Å²) in [5.41, 5.74) is 10.6. The van der Waals surface area contributed by atoms with Gasteiger partial charge in [-0.3, -0.25) is 0 Å². The number of benzene rings is 1. The lowest BCUT2D eigenvalue weighted by molar-refractivity contribution is 0.196. The van der Waals surface area contributed by atoms with Crippen LogP contribution >= 0.6 is 0 Å². The number of hydrogen-bond donors (Lipinski definition) is 1. The van der Waals surface area contributed by atoms with E-state index in [-0.39, 0.29) is 0 Å². The molecule has 24 heavy (non-hydrogen) atoms. The maximum absolute atomic E-state index is 5.77. The molecule has 0 aliphatic carbocycles. The summed E-state index contributed by atoms with van der Waals surface area (Å²) in [6.45, 7) is 2.90. The van der Waals surface area contributed by atoms with E-state index in [2.05, 4.69) is 28.1 Å². The lowest BCUT2D eigenvalue weighted by Crippen LogP contribution is -2.30. The summed E-state index contributed by atoms with van der Waals surface area (Å²) < 4.78 is 10.7. The van der Waals surface area contributed by atoms with Gasteiger partial charge in [-0.05, 0) is 36.5 Å². The maximum Gasteiger partial charge on any atom is 0.131 e. The van der Waals surface area contributed by atoms with Crippen molar-refractivity contribution in [2.75, 3.05) is 44.5 Å². The van der Waals surface area contributed by atoms with Crippen LogP contribution in [0.1, 0.15) is 18.4 Å². The molecule has 5 heteroatoms. The van der Waals surface area contributed by atoms with Crippen molar-refractivity contribution in [3.05, 3.63) is 36.0 Å². The number of nitrogens with two attached hydrogens (primary N) is 1. The Balaban J connectivity index is 1.93. The quantitative estimate of drug-likeness (QED) is 0.826. The van der Waals surface area contributed by atoms with Crippen LogP contribution in [0.25, 0.3) is 11.1 Å². The highest BCUT2D eigenvalue weighted by Gasteiger charge is 2.18. The van der Waals surface area contributed by atoms with Crippen LogP contribution in [0, 0.1) is 0 Å². The molecule has 2 heterocycles. The Labute approximate surface area is 143 Å². The van der Waals surface area contributed by atoms with Gasteiger partial charge in [0.2, 0.25) is 0 Å². The number of methoxy groups -OCH3 is 2. The fourth-order valence-corrected chi connectivity index (χ4v) is 3.29. The van der Waals surface area contributed by atoms with Crippen molar-refractivity contribution in [3.63, 3.8) is 0 Å². The van der Waals surface area contributed by atoms with E-state index in [9.17, 15) is 0 Å². The van der Waals surface area contributed by atoms with E-state index < -0.39 is 0 Å². The van der Waals surface area contributed by atoms with Gasteiger partial charge in [-0.15, -0.1) is 0 Å². The molecule has 1 aliphatic heterocycles. The number of aryl methyl sites for hydroxylation is 1. The summed E-state index contributed by atoms with van der Waals surface area (Å²) >= 11 is 0. The number of aromatic nitrogens is 1. The van der Waals surface area contributed by atoms with Crippen LogP contribution in [0.5, 0.6) is 5.75 Å². The Morgan fingerprint density at radius 2 is 2.12 bits per heavy atom. The van der Waals surface area contributed by atoms with Crippen LogP contribution in [0.3, 0.4) is 0 Å². The van der Waals surface area contributed by atoms with Crippen molar-refractivity contribution < 1.29 is 9.47 Å². The third-order valence-electron chi connectivity index (χ3n) is 4.49. The molecule has 5 nitrogen and oxygen atoms in total. The van der Waals surface area contributed by atoms with Gasteiger partial charge in [0.1, 0.15) is 11.6 Å². The van der Waals surface area contributed by atoms with Gasteiger partial charge in [0.15, 0.2) is 0 Å². The Bertz CT molecular complexity index is 703. The standard InChI is InChI=1S/C19H25N3O2/c1-23-10-4-9-22-8-3-5-14-6-7-15(11-17(14)22)16-13-21-19(20)12-18(16)24-2/h6-7,11-13H,3-5,8-10H2,1-2H3,(H2,20,21). The predicted octanol–water partition coefficient (Wildman–Crippen LogP) is 3.13. The molecule has 128 valence electrons. The summed E-state index contributed by atoms with van der Waals surface area (Å²) in [5, 5.41) is 0. The van der Waals surface area contributed by atoms with Gasteiger partial charge in [-0.25, -0.2) is 4.98 Å². The number of pyridine rings is 1. The molecule has 0 saturated carbocycles. The van der Waals surface area contributed by atoms with Crippen LogP contribution in [0.4, 0.5) is 11.5 Å². The monoisotopic (exact) mass is 327 g/mol. The van der Waals surface area contributed by atoms with E-state index in [0.717, 1.165) is 49.4 Å². The van der Waals surface area contributed by atoms with Gasteiger partial charge < -0.3 is 20.1 Å². The third kappa shape index (κ3) is 3.46. The van der Waals surface area contributed by atoms with Crippen molar-refractivity contribution >= 4 is 11.5 Å². The van der Waals surface area contributed by atoms with Gasteiger partial charge in [-0.1, -0.05) is 12.1 Å². The molecule has 0 fully saturated rings. The second-order valence-electron chi connectivity index (χ2n) is 6.09. The molecular formula is C19H25N3O2. The van der Waals surface area contributed by atoms with Gasteiger partial charge in [0.05, 0.1) is 7.11 Å². The van der Waals surface area contributed by atoms with Gasteiger partial charge in [-0.2, -0.15) is 0 Å². The molecule has 0 radical (unpaired) electrons. The molecule has 0 bridgehead atoms. The Hall–Kier alpha value is -2.27. The van der Waals surface area contributed by atoms with Crippen LogP contribution in [0.2, 0.25) is 0 Å². The second-order valence-corrected chi connectivity index (χ2v) is 6.09. The first kappa shape index (κ1) is 16.6. The van der Waals surface area contributed by atoms with E-state index in [0.29, 0.717) is 5.82 Å². The highest BCUT2D eigenvalue weighted by atomic mass is 16.5. The largest absolute Gasteiger partial charge is 0.496 e. The fourth-order valence-electron chi connectivity index (χ4n) is 3.29. The highest BCUT2D eigenvalue weighted by Crippen LogP contribution is 2.36. The summed E-state index contributed by atoms with van der Waals surface area (Å²) in [6, 6.07) is 8.39. The molecule has 2 N–H and O–H groups in total. The van der Waals surface area contributed by atoms with E-state index >= 15 is 0 Å². The topological polar surface area (TPSA) is 60.6 Å². The van der Waals surface area contributed by atoms with Gasteiger partial charge in [0, 0.05) is 50.3 Å². The van der Waals surface area contributed by atoms with Gasteiger partial charge in [0.25, 0.3) is 0 Å². The van der Waals surface area contributed by atoms with Crippen LogP contribution in [0.15, 0.2) is 30.5 Å². The van der Waals surface area contributed by atoms with E-state index in [1.165, 1.54) is 17.7 Å². The smallest absolute Gasteiger partial charge is 0.131 e. The zero-order valence-electron chi connectivity index (χ0n) is 14.4. The number of hydrogen-bond acceptors (Lipinski definition) is 5. The first-order chi connectivity index (χ1) is 11.7. The summed E-state index contributed by atoms with van der Waals surface area (Å²) in [7, 11) is 3.41. The number of rotatable bonds is 6. The molecular weight excluding hydrogens is 302 g/mol. The lowest BCUT2D eigenvalue weighted by Gasteiger charge is -2.32. The lowest BCUT2D eigenvalue weighted by atomic mass is 9.96. The van der Waals surface area contributed by atoms with Crippen molar-refractivity contribution in [3.8, 4) is 16.9 Å². The molecule has 2 aromatic rings. The highest BCUT2D eigenvalue weighted by molar-refractivity contribution is 5.75. The Kier molecular flexibility index (Phi) is 5.20. The molecule has 0 saturated heterocycles. The number of nitrogens with zero attached hydrogens (tertiary/aromatic N) is 2. The van der Waals surface area contributed by atoms with Crippen LogP contribution < -0.4 is 15.4 Å². The van der Waals surface area contributed by atoms with Crippen LogP contribution in [-0.2, 0) is 11.2 Å². The summed E-state index contributed by atoms with van der Waals surface area (Å²) in [4.78, 5) is 6.68. The molecule has 1 aromatic heterocycles. The van der Waals surface area contributed by atoms with Crippen molar-refractivity contribution in [2.24, 2.45) is 0 Å². The zero-order chi connectivity index (χ0) is 16.9. The van der Waals surface area contributed by atoms with E-state index in [1.54, 1.807) is 26.5 Å². The minimum Gasteiger partial charge on any atom is -0.496 e. The fraction of sp³-hybridized carbons (Fsp3) is 0.421. The molecule has 0 amide bonds. The van der Waals surface area contributed by atoms with Crippen molar-refractivity contribution in [2.45, 2.75) is 19.3 Å². The second kappa shape index (κ2) is 7.53. The number of ether oxygens (including phenoxy) is 2. The Morgan fingerprint density at radius 1 is 1.25 bits per heavy atom. The first-order valence-corrected chi connectivity index (χ1v) is 8.39. The summed E-state index contributed by atoms with van der Waals surface area (Å²) in [6.07, 6.45) is 5.15. The number of fused-ring (bicyclic) bond motifs is 1. The predicted molar refractivity (Wildman–Crippen MR) is 97.7 cm³/mol. The van der Waals surface area contributed by atoms with Crippen molar-refractivity contribution in [1.29, 1.82) is 0 Å².